The largest absolute Gasteiger partial charge is 0.483 e. The van der Waals surface area contributed by atoms with Crippen molar-refractivity contribution < 1.29 is 19.4 Å². The van der Waals surface area contributed by atoms with Crippen LogP contribution in [0.25, 0.3) is 6.08 Å². The van der Waals surface area contributed by atoms with Crippen LogP contribution in [-0.2, 0) is 0 Å². The lowest BCUT2D eigenvalue weighted by molar-refractivity contribution is 0.0212. The van der Waals surface area contributed by atoms with Gasteiger partial charge in [0, 0.05) is 0 Å². The van der Waals surface area contributed by atoms with Crippen molar-refractivity contribution in [3.63, 3.8) is 0 Å². The molecule has 2 aliphatic rings. The minimum atomic E-state index is -1.22. The molecule has 2 aromatic rings. The van der Waals surface area contributed by atoms with Crippen LogP contribution in [0.4, 0.5) is 0 Å². The Balaban J connectivity index is 1.83. The van der Waals surface area contributed by atoms with Crippen molar-refractivity contribution in [2.24, 2.45) is 0 Å². The van der Waals surface area contributed by atoms with Crippen LogP contribution in [0.5, 0.6) is 11.5 Å². The molecule has 4 heteroatoms. The van der Waals surface area contributed by atoms with Gasteiger partial charge in [0.1, 0.15) is 17.1 Å². The van der Waals surface area contributed by atoms with Gasteiger partial charge in [-0.3, -0.25) is 4.79 Å². The fourth-order valence-corrected chi connectivity index (χ4v) is 3.13. The number of rotatable bonds is 1. The van der Waals surface area contributed by atoms with Crippen molar-refractivity contribution >= 4 is 11.9 Å². The molecule has 4 rings (SSSR count). The van der Waals surface area contributed by atoms with E-state index < -0.39 is 17.8 Å². The summed E-state index contributed by atoms with van der Waals surface area (Å²) in [5.41, 5.74) is 1.50. The molecule has 0 radical (unpaired) electrons. The van der Waals surface area contributed by atoms with Crippen LogP contribution in [0, 0.1) is 0 Å². The fraction of sp³-hybridized carbons (Fsp3) is 0.250. The molecule has 0 saturated heterocycles. The first kappa shape index (κ1) is 15.0. The Morgan fingerprint density at radius 1 is 1.08 bits per heavy atom. The van der Waals surface area contributed by atoms with Crippen LogP contribution in [-0.4, -0.2) is 22.6 Å². The first-order valence-electron chi connectivity index (χ1n) is 7.95. The number of benzene rings is 2. The van der Waals surface area contributed by atoms with Crippen molar-refractivity contribution in [1.29, 1.82) is 0 Å². The zero-order valence-corrected chi connectivity index (χ0v) is 13.5. The Morgan fingerprint density at radius 2 is 1.83 bits per heavy atom. The van der Waals surface area contributed by atoms with Gasteiger partial charge in [-0.25, -0.2) is 0 Å². The van der Waals surface area contributed by atoms with Gasteiger partial charge in [0.25, 0.3) is 0 Å². The molecular formula is C20H18O4. The average molecular weight is 322 g/mol. The topological polar surface area (TPSA) is 55.8 Å². The second-order valence-electron chi connectivity index (χ2n) is 6.65. The van der Waals surface area contributed by atoms with E-state index in [2.05, 4.69) is 0 Å². The number of ether oxygens (including phenoxy) is 2. The number of aliphatic hydroxyl groups excluding tert-OH is 1. The predicted molar refractivity (Wildman–Crippen MR) is 90.3 cm³/mol. The number of fused-ring (bicyclic) bond motifs is 3. The fourth-order valence-electron chi connectivity index (χ4n) is 3.13. The van der Waals surface area contributed by atoms with Gasteiger partial charge >= 0.3 is 0 Å². The van der Waals surface area contributed by atoms with Gasteiger partial charge < -0.3 is 14.6 Å². The Bertz CT molecular complexity index is 836. The van der Waals surface area contributed by atoms with Gasteiger partial charge in [0.05, 0.1) is 11.1 Å². The molecule has 0 aliphatic carbocycles. The van der Waals surface area contributed by atoms with E-state index in [0.29, 0.717) is 17.1 Å². The molecular weight excluding hydrogens is 304 g/mol. The number of carbonyl (C=O) groups is 1. The molecule has 0 saturated carbocycles. The van der Waals surface area contributed by atoms with Gasteiger partial charge in [-0.05, 0) is 43.7 Å². The van der Waals surface area contributed by atoms with Crippen molar-refractivity contribution in [2.75, 3.05) is 0 Å². The van der Waals surface area contributed by atoms with Crippen LogP contribution >= 0.6 is 0 Å². The summed E-state index contributed by atoms with van der Waals surface area (Å²) in [4.78, 5) is 12.6. The summed E-state index contributed by atoms with van der Waals surface area (Å²) in [6.45, 7) is 3.93. The molecule has 24 heavy (non-hydrogen) atoms. The molecule has 0 aromatic heterocycles. The highest BCUT2D eigenvalue weighted by Gasteiger charge is 2.39. The van der Waals surface area contributed by atoms with E-state index in [-0.39, 0.29) is 5.78 Å². The monoisotopic (exact) mass is 322 g/mol. The number of hydrogen-bond acceptors (Lipinski definition) is 4. The van der Waals surface area contributed by atoms with Crippen molar-refractivity contribution in [3.05, 3.63) is 65.2 Å². The van der Waals surface area contributed by atoms with Crippen LogP contribution < -0.4 is 9.47 Å². The lowest BCUT2D eigenvalue weighted by Crippen LogP contribution is -2.37. The van der Waals surface area contributed by atoms with E-state index in [1.54, 1.807) is 12.1 Å². The molecule has 0 amide bonds. The number of Topliss-reactive ketones (excluding diaryl/α,β-unsaturated/α-hetero) is 1. The normalized spacial score (nSPS) is 23.7. The first-order chi connectivity index (χ1) is 11.5. The number of hydrogen-bond donors (Lipinski definition) is 1. The van der Waals surface area contributed by atoms with Crippen LogP contribution in [0.1, 0.15) is 41.4 Å². The van der Waals surface area contributed by atoms with E-state index in [9.17, 15) is 9.90 Å². The Kier molecular flexibility index (Phi) is 3.25. The molecule has 4 nitrogen and oxygen atoms in total. The number of aliphatic hydroxyl groups is 1. The summed E-state index contributed by atoms with van der Waals surface area (Å²) in [5, 5.41) is 10.4. The molecule has 122 valence electrons. The van der Waals surface area contributed by atoms with E-state index in [1.807, 2.05) is 56.3 Å². The van der Waals surface area contributed by atoms with Gasteiger partial charge in [-0.2, -0.15) is 0 Å². The third kappa shape index (κ3) is 2.31. The van der Waals surface area contributed by atoms with Gasteiger partial charge in [-0.15, -0.1) is 0 Å². The maximum Gasteiger partial charge on any atom is 0.199 e. The summed E-state index contributed by atoms with van der Waals surface area (Å²) in [7, 11) is 0. The maximum atomic E-state index is 12.6. The summed E-state index contributed by atoms with van der Waals surface area (Å²) in [6.07, 6.45) is 1.92. The molecule has 0 spiro atoms. The highest BCUT2D eigenvalue weighted by molar-refractivity contribution is 6.04. The second kappa shape index (κ2) is 5.21. The van der Waals surface area contributed by atoms with E-state index in [0.717, 1.165) is 11.1 Å². The molecule has 1 N–H and O–H groups in total. The van der Waals surface area contributed by atoms with Crippen LogP contribution in [0.2, 0.25) is 0 Å². The quantitative estimate of drug-likeness (QED) is 0.872. The van der Waals surface area contributed by atoms with E-state index in [1.165, 1.54) is 0 Å². The van der Waals surface area contributed by atoms with Crippen LogP contribution in [0.3, 0.4) is 0 Å². The van der Waals surface area contributed by atoms with E-state index in [4.69, 9.17) is 9.47 Å². The predicted octanol–water partition coefficient (Wildman–Crippen LogP) is 3.55. The SMILES string of the molecule is CC1(C)C=Cc2c(ccc3c2O[C@H](c2ccccc2)[C@@H](O)C3=O)O1. The number of carbonyl (C=O) groups excluding carboxylic acids is 1. The lowest BCUT2D eigenvalue weighted by atomic mass is 9.90. The highest BCUT2D eigenvalue weighted by Crippen LogP contribution is 2.44. The Hall–Kier alpha value is -2.59. The zero-order chi connectivity index (χ0) is 16.9. The average Bonchev–Trinajstić information content (AvgIpc) is 2.57. The van der Waals surface area contributed by atoms with Crippen molar-refractivity contribution in [1.82, 2.24) is 0 Å². The van der Waals surface area contributed by atoms with Gasteiger partial charge in [-0.1, -0.05) is 30.3 Å². The van der Waals surface area contributed by atoms with Crippen LogP contribution in [0.15, 0.2) is 48.5 Å². The number of ketones is 1. The first-order valence-corrected chi connectivity index (χ1v) is 7.95. The third-order valence-electron chi connectivity index (χ3n) is 4.37. The minimum Gasteiger partial charge on any atom is -0.483 e. The second-order valence-corrected chi connectivity index (χ2v) is 6.65. The standard InChI is InChI=1S/C20H18O4/c1-20(2)11-10-13-15(24-20)9-8-14-16(21)17(22)18(23-19(13)14)12-6-4-3-5-7-12/h3-11,17-18,22H,1-2H3/t17-,18+/m0/s1. The smallest absolute Gasteiger partial charge is 0.199 e. The molecule has 2 aliphatic heterocycles. The lowest BCUT2D eigenvalue weighted by Gasteiger charge is -2.34. The van der Waals surface area contributed by atoms with Gasteiger partial charge in [0.2, 0.25) is 0 Å². The third-order valence-corrected chi connectivity index (χ3v) is 4.37. The van der Waals surface area contributed by atoms with E-state index >= 15 is 0 Å². The summed E-state index contributed by atoms with van der Waals surface area (Å²) in [6, 6.07) is 12.7. The maximum absolute atomic E-state index is 12.6. The molecule has 2 aromatic carbocycles. The molecule has 0 unspecified atom stereocenters. The highest BCUT2D eigenvalue weighted by atomic mass is 16.5. The van der Waals surface area contributed by atoms with Crippen molar-refractivity contribution in [2.45, 2.75) is 31.7 Å². The molecule has 2 heterocycles. The van der Waals surface area contributed by atoms with Gasteiger partial charge in [0.15, 0.2) is 18.0 Å². The molecule has 2 atom stereocenters. The molecule has 0 fully saturated rings. The Morgan fingerprint density at radius 3 is 2.58 bits per heavy atom. The van der Waals surface area contributed by atoms with Crippen molar-refractivity contribution in [3.8, 4) is 11.5 Å². The summed E-state index contributed by atoms with van der Waals surface area (Å²) in [5.74, 6) is 0.826. The molecule has 0 bridgehead atoms. The Labute approximate surface area is 140 Å². The minimum absolute atomic E-state index is 0.328. The summed E-state index contributed by atoms with van der Waals surface area (Å²) >= 11 is 0. The summed E-state index contributed by atoms with van der Waals surface area (Å²) < 4.78 is 12.0. The zero-order valence-electron chi connectivity index (χ0n) is 13.5.